The van der Waals surface area contributed by atoms with E-state index in [0.717, 1.165) is 23.7 Å². The molecular formula is C13H19BrN2O. The maximum Gasteiger partial charge on any atom is 0.253 e. The number of anilines is 1. The summed E-state index contributed by atoms with van der Waals surface area (Å²) in [5, 5.41) is 3.01. The zero-order chi connectivity index (χ0) is 12.8. The monoisotopic (exact) mass is 298 g/mol. The van der Waals surface area contributed by atoms with Crippen molar-refractivity contribution in [1.29, 1.82) is 0 Å². The summed E-state index contributed by atoms with van der Waals surface area (Å²) in [6, 6.07) is 5.55. The molecule has 94 valence electrons. The van der Waals surface area contributed by atoms with Gasteiger partial charge in [0.05, 0.1) is 5.56 Å². The van der Waals surface area contributed by atoms with Crippen molar-refractivity contribution in [2.24, 2.45) is 0 Å². The maximum absolute atomic E-state index is 12.0. The van der Waals surface area contributed by atoms with E-state index in [0.29, 0.717) is 11.3 Å². The molecular weight excluding hydrogens is 280 g/mol. The Bertz CT molecular complexity index is 393. The number of rotatable bonds is 5. The van der Waals surface area contributed by atoms with Crippen LogP contribution in [0, 0.1) is 0 Å². The molecule has 0 saturated heterocycles. The fourth-order valence-electron chi connectivity index (χ4n) is 1.73. The van der Waals surface area contributed by atoms with Gasteiger partial charge in [0.15, 0.2) is 0 Å². The Balaban J connectivity index is 2.75. The van der Waals surface area contributed by atoms with Gasteiger partial charge in [0.1, 0.15) is 0 Å². The van der Waals surface area contributed by atoms with E-state index in [1.807, 2.05) is 6.07 Å². The van der Waals surface area contributed by atoms with Crippen LogP contribution in [0.1, 0.15) is 43.5 Å². The highest BCUT2D eigenvalue weighted by molar-refractivity contribution is 9.10. The molecule has 0 saturated carbocycles. The molecule has 17 heavy (non-hydrogen) atoms. The third-order valence-electron chi connectivity index (χ3n) is 2.72. The van der Waals surface area contributed by atoms with Gasteiger partial charge in [-0.3, -0.25) is 4.79 Å². The Labute approximate surface area is 111 Å². The molecule has 1 aromatic rings. The molecule has 0 fully saturated rings. The molecule has 0 aliphatic rings. The topological polar surface area (TPSA) is 55.1 Å². The van der Waals surface area contributed by atoms with Crippen molar-refractivity contribution in [2.45, 2.75) is 39.2 Å². The molecule has 0 radical (unpaired) electrons. The highest BCUT2D eigenvalue weighted by atomic mass is 79.9. The summed E-state index contributed by atoms with van der Waals surface area (Å²) in [5.41, 5.74) is 6.87. The van der Waals surface area contributed by atoms with Crippen LogP contribution in [0.3, 0.4) is 0 Å². The molecule has 1 unspecified atom stereocenters. The minimum atomic E-state index is -0.0877. The Morgan fingerprint density at radius 2 is 2.18 bits per heavy atom. The van der Waals surface area contributed by atoms with Crippen molar-refractivity contribution >= 4 is 27.5 Å². The molecule has 3 nitrogen and oxygen atoms in total. The van der Waals surface area contributed by atoms with Gasteiger partial charge in [-0.25, -0.2) is 0 Å². The lowest BCUT2D eigenvalue weighted by molar-refractivity contribution is 0.0934. The van der Waals surface area contributed by atoms with Crippen molar-refractivity contribution in [3.8, 4) is 0 Å². The molecule has 1 atom stereocenters. The Kier molecular flexibility index (Phi) is 5.48. The van der Waals surface area contributed by atoms with E-state index in [-0.39, 0.29) is 11.9 Å². The first-order valence-electron chi connectivity index (χ1n) is 5.94. The van der Waals surface area contributed by atoms with Gasteiger partial charge in [-0.2, -0.15) is 0 Å². The minimum absolute atomic E-state index is 0.0877. The maximum atomic E-state index is 12.0. The van der Waals surface area contributed by atoms with Gasteiger partial charge in [0, 0.05) is 16.2 Å². The van der Waals surface area contributed by atoms with Crippen LogP contribution in [0.15, 0.2) is 22.7 Å². The summed E-state index contributed by atoms with van der Waals surface area (Å²) < 4.78 is 0.882. The number of halogens is 1. The first kappa shape index (κ1) is 14.0. The average molecular weight is 299 g/mol. The number of benzene rings is 1. The smallest absolute Gasteiger partial charge is 0.253 e. The van der Waals surface area contributed by atoms with Gasteiger partial charge in [-0.15, -0.1) is 0 Å². The van der Waals surface area contributed by atoms with Crippen LogP contribution in [0.5, 0.6) is 0 Å². The molecule has 0 aliphatic heterocycles. The van der Waals surface area contributed by atoms with Crippen LogP contribution in [0.4, 0.5) is 5.69 Å². The van der Waals surface area contributed by atoms with Gasteiger partial charge >= 0.3 is 0 Å². The van der Waals surface area contributed by atoms with Gasteiger partial charge in [0.25, 0.3) is 5.91 Å². The second-order valence-electron chi connectivity index (χ2n) is 4.10. The second kappa shape index (κ2) is 6.64. The molecule has 4 heteroatoms. The van der Waals surface area contributed by atoms with Gasteiger partial charge in [-0.05, 0) is 31.0 Å². The van der Waals surface area contributed by atoms with Crippen LogP contribution in [0.25, 0.3) is 0 Å². The lowest BCUT2D eigenvalue weighted by Gasteiger charge is -2.16. The molecule has 0 heterocycles. The number of amides is 1. The first-order chi connectivity index (χ1) is 8.08. The van der Waals surface area contributed by atoms with E-state index in [2.05, 4.69) is 35.1 Å². The van der Waals surface area contributed by atoms with Gasteiger partial charge < -0.3 is 11.1 Å². The zero-order valence-corrected chi connectivity index (χ0v) is 11.9. The van der Waals surface area contributed by atoms with Crippen LogP contribution in [-0.2, 0) is 0 Å². The van der Waals surface area contributed by atoms with Crippen molar-refractivity contribution in [2.75, 3.05) is 5.73 Å². The standard InChI is InChI=1S/C13H19BrN2O/c1-3-5-10(4-2)16-13(17)11-7-6-9(14)8-12(11)15/h6-8,10H,3-5,15H2,1-2H3,(H,16,17). The lowest BCUT2D eigenvalue weighted by Crippen LogP contribution is -2.34. The SMILES string of the molecule is CCCC(CC)NC(=O)c1ccc(Br)cc1N. The third kappa shape index (κ3) is 4.04. The molecule has 0 aliphatic carbocycles. The Hall–Kier alpha value is -1.03. The van der Waals surface area contributed by atoms with Crippen LogP contribution in [0.2, 0.25) is 0 Å². The van der Waals surface area contributed by atoms with Crippen molar-refractivity contribution in [3.05, 3.63) is 28.2 Å². The fraction of sp³-hybridized carbons (Fsp3) is 0.462. The van der Waals surface area contributed by atoms with Gasteiger partial charge in [-0.1, -0.05) is 36.2 Å². The van der Waals surface area contributed by atoms with Crippen LogP contribution < -0.4 is 11.1 Å². The highest BCUT2D eigenvalue weighted by Crippen LogP contribution is 2.18. The first-order valence-corrected chi connectivity index (χ1v) is 6.73. The van der Waals surface area contributed by atoms with Crippen LogP contribution in [-0.4, -0.2) is 11.9 Å². The molecule has 1 aromatic carbocycles. The molecule has 3 N–H and O–H groups in total. The summed E-state index contributed by atoms with van der Waals surface area (Å²) in [5.74, 6) is -0.0877. The number of nitrogens with one attached hydrogen (secondary N) is 1. The third-order valence-corrected chi connectivity index (χ3v) is 3.22. The summed E-state index contributed by atoms with van der Waals surface area (Å²) in [6.45, 7) is 4.19. The molecule has 1 amide bonds. The van der Waals surface area contributed by atoms with E-state index < -0.39 is 0 Å². The Morgan fingerprint density at radius 1 is 1.47 bits per heavy atom. The van der Waals surface area contributed by atoms with E-state index in [1.54, 1.807) is 12.1 Å². The van der Waals surface area contributed by atoms with E-state index in [1.165, 1.54) is 0 Å². The number of hydrogen-bond acceptors (Lipinski definition) is 2. The summed E-state index contributed by atoms with van der Waals surface area (Å²) in [4.78, 5) is 12.0. The summed E-state index contributed by atoms with van der Waals surface area (Å²) in [6.07, 6.45) is 3.00. The average Bonchev–Trinajstić information content (AvgIpc) is 2.28. The Morgan fingerprint density at radius 3 is 2.71 bits per heavy atom. The minimum Gasteiger partial charge on any atom is -0.398 e. The van der Waals surface area contributed by atoms with E-state index in [4.69, 9.17) is 5.73 Å². The number of carbonyl (C=O) groups is 1. The summed E-state index contributed by atoms with van der Waals surface area (Å²) in [7, 11) is 0. The largest absolute Gasteiger partial charge is 0.398 e. The predicted molar refractivity (Wildman–Crippen MR) is 75.0 cm³/mol. The number of nitrogen functional groups attached to an aromatic ring is 1. The predicted octanol–water partition coefficient (Wildman–Crippen LogP) is 3.34. The number of nitrogens with two attached hydrogens (primary N) is 1. The molecule has 0 bridgehead atoms. The molecule has 0 aromatic heterocycles. The van der Waals surface area contributed by atoms with Crippen LogP contribution >= 0.6 is 15.9 Å². The summed E-state index contributed by atoms with van der Waals surface area (Å²) >= 11 is 3.32. The second-order valence-corrected chi connectivity index (χ2v) is 5.01. The lowest BCUT2D eigenvalue weighted by atomic mass is 10.1. The van der Waals surface area contributed by atoms with E-state index >= 15 is 0 Å². The number of carbonyl (C=O) groups excluding carboxylic acids is 1. The van der Waals surface area contributed by atoms with E-state index in [9.17, 15) is 4.79 Å². The fourth-order valence-corrected chi connectivity index (χ4v) is 2.11. The highest BCUT2D eigenvalue weighted by Gasteiger charge is 2.13. The quantitative estimate of drug-likeness (QED) is 0.819. The van der Waals surface area contributed by atoms with Crippen molar-refractivity contribution in [1.82, 2.24) is 5.32 Å². The van der Waals surface area contributed by atoms with Crippen molar-refractivity contribution < 1.29 is 4.79 Å². The van der Waals surface area contributed by atoms with Gasteiger partial charge in [0.2, 0.25) is 0 Å². The normalized spacial score (nSPS) is 12.2. The molecule has 0 spiro atoms. The number of hydrogen-bond donors (Lipinski definition) is 2. The molecule has 1 rings (SSSR count). The van der Waals surface area contributed by atoms with Crippen molar-refractivity contribution in [3.63, 3.8) is 0 Å². The zero-order valence-electron chi connectivity index (χ0n) is 10.3.